The third-order valence-corrected chi connectivity index (χ3v) is 3.53. The van der Waals surface area contributed by atoms with Crippen LogP contribution < -0.4 is 5.32 Å². The van der Waals surface area contributed by atoms with Crippen LogP contribution in [-0.4, -0.2) is 21.6 Å². The molecule has 0 spiro atoms. The molecule has 0 bridgehead atoms. The van der Waals surface area contributed by atoms with Crippen molar-refractivity contribution in [2.24, 2.45) is 0 Å². The highest BCUT2D eigenvalue weighted by Crippen LogP contribution is 2.30. The standard InChI is InChI=1S/C14H14ClN3O/c15-9-13(19)16-14-11-7-4-8-12(11)17-18(14)10-5-2-1-3-6-10/h1-3,5-6H,4,7-9H2,(H,16,19). The van der Waals surface area contributed by atoms with Gasteiger partial charge in [-0.25, -0.2) is 4.68 Å². The Balaban J connectivity index is 2.07. The van der Waals surface area contributed by atoms with Crippen LogP contribution in [0.25, 0.3) is 5.69 Å². The topological polar surface area (TPSA) is 46.9 Å². The van der Waals surface area contributed by atoms with Gasteiger partial charge in [-0.2, -0.15) is 5.10 Å². The largest absolute Gasteiger partial charge is 0.309 e. The summed E-state index contributed by atoms with van der Waals surface area (Å²) in [6, 6.07) is 9.80. The molecule has 0 fully saturated rings. The number of nitrogens with one attached hydrogen (secondary N) is 1. The average Bonchev–Trinajstić information content (AvgIpc) is 3.02. The summed E-state index contributed by atoms with van der Waals surface area (Å²) in [6.45, 7) is 0. The number of rotatable bonds is 3. The minimum atomic E-state index is -0.201. The summed E-state index contributed by atoms with van der Waals surface area (Å²) in [6.07, 6.45) is 3.02. The fourth-order valence-electron chi connectivity index (χ4n) is 2.44. The monoisotopic (exact) mass is 275 g/mol. The fraction of sp³-hybridized carbons (Fsp3) is 0.286. The van der Waals surface area contributed by atoms with Crippen LogP contribution >= 0.6 is 11.6 Å². The number of carbonyl (C=O) groups excluding carboxylic acids is 1. The Morgan fingerprint density at radius 1 is 1.32 bits per heavy atom. The zero-order chi connectivity index (χ0) is 13.2. The number of nitrogens with zero attached hydrogens (tertiary/aromatic N) is 2. The van der Waals surface area contributed by atoms with Gasteiger partial charge in [-0.05, 0) is 31.4 Å². The number of para-hydroxylation sites is 1. The Morgan fingerprint density at radius 3 is 2.84 bits per heavy atom. The van der Waals surface area contributed by atoms with E-state index < -0.39 is 0 Å². The molecule has 5 heteroatoms. The fourth-order valence-corrected chi connectivity index (χ4v) is 2.51. The van der Waals surface area contributed by atoms with Crippen LogP contribution in [0.3, 0.4) is 0 Å². The van der Waals surface area contributed by atoms with E-state index in [2.05, 4.69) is 10.4 Å². The van der Waals surface area contributed by atoms with E-state index in [0.29, 0.717) is 0 Å². The minimum Gasteiger partial charge on any atom is -0.309 e. The zero-order valence-electron chi connectivity index (χ0n) is 10.4. The molecular formula is C14H14ClN3O. The molecule has 0 saturated carbocycles. The van der Waals surface area contributed by atoms with Crippen LogP contribution in [0.2, 0.25) is 0 Å². The number of hydrogen-bond donors (Lipinski definition) is 1. The third kappa shape index (κ3) is 2.24. The highest BCUT2D eigenvalue weighted by Gasteiger charge is 2.23. The summed E-state index contributed by atoms with van der Waals surface area (Å²) in [5.74, 6) is 0.521. The Hall–Kier alpha value is -1.81. The van der Waals surface area contributed by atoms with Gasteiger partial charge in [0.1, 0.15) is 11.7 Å². The Morgan fingerprint density at radius 2 is 2.11 bits per heavy atom. The van der Waals surface area contributed by atoms with Crippen LogP contribution in [0, 0.1) is 0 Å². The van der Waals surface area contributed by atoms with E-state index in [-0.39, 0.29) is 11.8 Å². The predicted molar refractivity (Wildman–Crippen MR) is 74.9 cm³/mol. The van der Waals surface area contributed by atoms with Gasteiger partial charge in [0, 0.05) is 5.56 Å². The second-order valence-electron chi connectivity index (χ2n) is 4.56. The normalized spacial score (nSPS) is 13.3. The molecule has 1 aromatic carbocycles. The highest BCUT2D eigenvalue weighted by molar-refractivity contribution is 6.29. The molecule has 1 aromatic heterocycles. The third-order valence-electron chi connectivity index (χ3n) is 3.29. The van der Waals surface area contributed by atoms with Crippen LogP contribution in [-0.2, 0) is 17.6 Å². The predicted octanol–water partition coefficient (Wildman–Crippen LogP) is 2.54. The van der Waals surface area contributed by atoms with Gasteiger partial charge in [0.2, 0.25) is 5.91 Å². The molecule has 0 saturated heterocycles. The number of carbonyl (C=O) groups is 1. The lowest BCUT2D eigenvalue weighted by Crippen LogP contribution is -2.17. The smallest absolute Gasteiger partial charge is 0.240 e. The summed E-state index contributed by atoms with van der Waals surface area (Å²) >= 11 is 5.58. The van der Waals surface area contributed by atoms with Crippen molar-refractivity contribution in [1.82, 2.24) is 9.78 Å². The molecule has 1 heterocycles. The number of amides is 1. The molecule has 0 aliphatic heterocycles. The van der Waals surface area contributed by atoms with Crippen molar-refractivity contribution in [1.29, 1.82) is 0 Å². The van der Waals surface area contributed by atoms with Gasteiger partial charge in [-0.1, -0.05) is 18.2 Å². The van der Waals surface area contributed by atoms with Gasteiger partial charge >= 0.3 is 0 Å². The maximum absolute atomic E-state index is 11.6. The first-order chi connectivity index (χ1) is 9.29. The number of fused-ring (bicyclic) bond motifs is 1. The maximum Gasteiger partial charge on any atom is 0.240 e. The Kier molecular flexibility index (Phi) is 3.25. The van der Waals surface area contributed by atoms with Crippen LogP contribution in [0.4, 0.5) is 5.82 Å². The van der Waals surface area contributed by atoms with Gasteiger partial charge in [0.15, 0.2) is 0 Å². The zero-order valence-corrected chi connectivity index (χ0v) is 11.2. The van der Waals surface area contributed by atoms with E-state index in [1.54, 1.807) is 4.68 Å². The lowest BCUT2D eigenvalue weighted by molar-refractivity contribution is -0.114. The number of aromatic nitrogens is 2. The quantitative estimate of drug-likeness (QED) is 0.875. The minimum absolute atomic E-state index is 0.0469. The summed E-state index contributed by atoms with van der Waals surface area (Å²) in [5.41, 5.74) is 3.16. The van der Waals surface area contributed by atoms with Gasteiger partial charge in [-0.3, -0.25) is 4.79 Å². The van der Waals surface area contributed by atoms with E-state index in [4.69, 9.17) is 11.6 Å². The molecule has 4 nitrogen and oxygen atoms in total. The molecular weight excluding hydrogens is 262 g/mol. The molecule has 1 N–H and O–H groups in total. The van der Waals surface area contributed by atoms with Crippen molar-refractivity contribution in [3.05, 3.63) is 41.6 Å². The van der Waals surface area contributed by atoms with Gasteiger partial charge in [0.25, 0.3) is 0 Å². The summed E-state index contributed by atoms with van der Waals surface area (Å²) in [5, 5.41) is 7.48. The molecule has 2 aromatic rings. The van der Waals surface area contributed by atoms with Crippen LogP contribution in [0.15, 0.2) is 30.3 Å². The highest BCUT2D eigenvalue weighted by atomic mass is 35.5. The van der Waals surface area contributed by atoms with E-state index in [1.807, 2.05) is 30.3 Å². The summed E-state index contributed by atoms with van der Waals surface area (Å²) in [4.78, 5) is 11.6. The second-order valence-corrected chi connectivity index (χ2v) is 4.82. The molecule has 1 aliphatic carbocycles. The molecule has 98 valence electrons. The summed E-state index contributed by atoms with van der Waals surface area (Å²) in [7, 11) is 0. The van der Waals surface area contributed by atoms with Crippen molar-refractivity contribution in [3.8, 4) is 5.69 Å². The Labute approximate surface area is 116 Å². The molecule has 3 rings (SSSR count). The van der Waals surface area contributed by atoms with Crippen molar-refractivity contribution in [3.63, 3.8) is 0 Å². The summed E-state index contributed by atoms with van der Waals surface area (Å²) < 4.78 is 1.80. The van der Waals surface area contributed by atoms with Gasteiger partial charge in [0.05, 0.1) is 11.4 Å². The van der Waals surface area contributed by atoms with Crippen molar-refractivity contribution in [2.45, 2.75) is 19.3 Å². The SMILES string of the molecule is O=C(CCl)Nc1c2c(nn1-c1ccccc1)CCC2. The molecule has 1 aliphatic rings. The molecule has 0 atom stereocenters. The lowest BCUT2D eigenvalue weighted by Gasteiger charge is -2.09. The van der Waals surface area contributed by atoms with Gasteiger partial charge < -0.3 is 5.32 Å². The first kappa shape index (κ1) is 12.2. The number of benzene rings is 1. The first-order valence-electron chi connectivity index (χ1n) is 6.31. The van der Waals surface area contributed by atoms with E-state index in [9.17, 15) is 4.79 Å². The first-order valence-corrected chi connectivity index (χ1v) is 6.85. The van der Waals surface area contributed by atoms with E-state index >= 15 is 0 Å². The number of alkyl halides is 1. The second kappa shape index (κ2) is 5.05. The molecule has 1 amide bonds. The maximum atomic E-state index is 11.6. The number of anilines is 1. The average molecular weight is 276 g/mol. The van der Waals surface area contributed by atoms with Crippen molar-refractivity contribution >= 4 is 23.3 Å². The molecule has 0 radical (unpaired) electrons. The molecule has 0 unspecified atom stereocenters. The lowest BCUT2D eigenvalue weighted by atomic mass is 10.2. The van der Waals surface area contributed by atoms with Gasteiger partial charge in [-0.15, -0.1) is 11.6 Å². The van der Waals surface area contributed by atoms with Crippen LogP contribution in [0.1, 0.15) is 17.7 Å². The van der Waals surface area contributed by atoms with Crippen LogP contribution in [0.5, 0.6) is 0 Å². The van der Waals surface area contributed by atoms with Crippen molar-refractivity contribution in [2.75, 3.05) is 11.2 Å². The molecule has 19 heavy (non-hydrogen) atoms. The number of aryl methyl sites for hydroxylation is 1. The van der Waals surface area contributed by atoms with E-state index in [1.165, 1.54) is 0 Å². The Bertz CT molecular complexity index is 607. The van der Waals surface area contributed by atoms with E-state index in [0.717, 1.165) is 42.0 Å². The number of halogens is 1. The number of hydrogen-bond acceptors (Lipinski definition) is 2. The van der Waals surface area contributed by atoms with Crippen molar-refractivity contribution < 1.29 is 4.79 Å².